The lowest BCUT2D eigenvalue weighted by Gasteiger charge is -2.27. The maximum absolute atomic E-state index is 11.7. The number of urea groups is 1. The molecule has 136 valence electrons. The topological polar surface area (TPSA) is 92.3 Å². The van der Waals surface area contributed by atoms with Crippen molar-refractivity contribution in [3.05, 3.63) is 41.2 Å². The van der Waals surface area contributed by atoms with Crippen molar-refractivity contribution < 1.29 is 9.42 Å². The molecule has 0 spiro atoms. The summed E-state index contributed by atoms with van der Waals surface area (Å²) >= 11 is 0. The molecule has 1 aliphatic rings. The van der Waals surface area contributed by atoms with E-state index in [1.807, 2.05) is 16.8 Å². The Hall–Kier alpha value is -2.94. The summed E-state index contributed by atoms with van der Waals surface area (Å²) in [5.74, 6) is 0. The highest BCUT2D eigenvalue weighted by atomic mass is 16.6. The second-order valence-corrected chi connectivity index (χ2v) is 6.66. The summed E-state index contributed by atoms with van der Waals surface area (Å²) in [4.78, 5) is 15.5. The molecule has 0 fully saturated rings. The molecule has 0 unspecified atom stereocenters. The van der Waals surface area contributed by atoms with Crippen LogP contribution in [0, 0.1) is 0 Å². The summed E-state index contributed by atoms with van der Waals surface area (Å²) in [7, 11) is 3.44. The van der Waals surface area contributed by atoms with Gasteiger partial charge in [-0.3, -0.25) is 9.58 Å². The minimum absolute atomic E-state index is 0.119. The van der Waals surface area contributed by atoms with Crippen LogP contribution in [0.3, 0.4) is 0 Å². The van der Waals surface area contributed by atoms with Crippen LogP contribution in [0.25, 0.3) is 11.0 Å². The van der Waals surface area contributed by atoms with E-state index in [1.165, 1.54) is 4.90 Å². The number of carbonyl (C=O) groups is 1. The average Bonchev–Trinajstić information content (AvgIpc) is 3.26. The molecule has 0 aliphatic carbocycles. The molecular formula is C17H21N7O2. The van der Waals surface area contributed by atoms with Crippen LogP contribution < -0.4 is 5.32 Å². The second-order valence-electron chi connectivity index (χ2n) is 6.66. The van der Waals surface area contributed by atoms with Crippen LogP contribution in [-0.2, 0) is 26.2 Å². The van der Waals surface area contributed by atoms with Crippen molar-refractivity contribution in [2.45, 2.75) is 26.2 Å². The van der Waals surface area contributed by atoms with Crippen LogP contribution in [0.1, 0.15) is 17.0 Å². The van der Waals surface area contributed by atoms with Crippen molar-refractivity contribution in [3.63, 3.8) is 0 Å². The number of rotatable bonds is 4. The maximum atomic E-state index is 11.7. The molecule has 1 aliphatic heterocycles. The third-order valence-corrected chi connectivity index (χ3v) is 4.52. The Balaban J connectivity index is 1.43. The molecule has 2 aromatic heterocycles. The minimum Gasteiger partial charge on any atom is -0.332 e. The van der Waals surface area contributed by atoms with E-state index in [1.54, 1.807) is 14.1 Å². The Morgan fingerprint density at radius 3 is 3.04 bits per heavy atom. The quantitative estimate of drug-likeness (QED) is 0.756. The third-order valence-electron chi connectivity index (χ3n) is 4.52. The zero-order valence-electron chi connectivity index (χ0n) is 14.8. The van der Waals surface area contributed by atoms with Crippen molar-refractivity contribution >= 4 is 17.1 Å². The first-order chi connectivity index (χ1) is 12.6. The summed E-state index contributed by atoms with van der Waals surface area (Å²) in [6.45, 7) is 3.74. The first-order valence-corrected chi connectivity index (χ1v) is 8.53. The lowest BCUT2D eigenvalue weighted by atomic mass is 10.1. The Labute approximate surface area is 150 Å². The molecule has 1 N–H and O–H groups in total. The van der Waals surface area contributed by atoms with Gasteiger partial charge in [0.2, 0.25) is 0 Å². The van der Waals surface area contributed by atoms with Gasteiger partial charge in [0.05, 0.1) is 24.5 Å². The average molecular weight is 355 g/mol. The number of nitrogens with one attached hydrogen (secondary N) is 1. The molecule has 0 saturated carbocycles. The largest absolute Gasteiger partial charge is 0.332 e. The molecule has 1 aromatic carbocycles. The number of amides is 2. The first-order valence-electron chi connectivity index (χ1n) is 8.53. The number of carbonyl (C=O) groups excluding carboxylic acids is 1. The summed E-state index contributed by atoms with van der Waals surface area (Å²) < 4.78 is 6.87. The Kier molecular flexibility index (Phi) is 4.29. The predicted octanol–water partition coefficient (Wildman–Crippen LogP) is 1.21. The Bertz CT molecular complexity index is 930. The number of hydrogen-bond donors (Lipinski definition) is 1. The van der Waals surface area contributed by atoms with Crippen molar-refractivity contribution in [3.8, 4) is 0 Å². The van der Waals surface area contributed by atoms with Crippen LogP contribution in [0.15, 0.2) is 28.9 Å². The van der Waals surface area contributed by atoms with E-state index in [-0.39, 0.29) is 6.03 Å². The summed E-state index contributed by atoms with van der Waals surface area (Å²) in [6, 6.07) is 7.87. The first kappa shape index (κ1) is 16.5. The number of nitrogens with zero attached hydrogens (tertiary/aromatic N) is 6. The highest BCUT2D eigenvalue weighted by molar-refractivity contribution is 5.76. The fraction of sp³-hybridized carbons (Fsp3) is 0.412. The molecular weight excluding hydrogens is 334 g/mol. The molecule has 3 heterocycles. The van der Waals surface area contributed by atoms with Gasteiger partial charge in [-0.05, 0) is 28.0 Å². The van der Waals surface area contributed by atoms with Crippen molar-refractivity contribution in [1.82, 2.24) is 35.2 Å². The molecule has 0 bridgehead atoms. The molecule has 0 radical (unpaired) electrons. The van der Waals surface area contributed by atoms with Crippen LogP contribution in [0.2, 0.25) is 0 Å². The van der Waals surface area contributed by atoms with Crippen molar-refractivity contribution in [2.75, 3.05) is 20.6 Å². The van der Waals surface area contributed by atoms with E-state index in [4.69, 9.17) is 4.63 Å². The fourth-order valence-electron chi connectivity index (χ4n) is 3.16. The second kappa shape index (κ2) is 6.75. The molecule has 0 atom stereocenters. The molecule has 3 aromatic rings. The molecule has 9 heteroatoms. The standard InChI is InChI=1S/C17H21N7O2/c1-22(2)17(25)18-9-13-8-14-11-23(6-7-24(14)19-13)10-12-4-3-5-15-16(12)21-26-20-15/h3-5,8H,6-7,9-11H2,1-2H3,(H,18,25). The lowest BCUT2D eigenvalue weighted by molar-refractivity contribution is 0.205. The van der Waals surface area contributed by atoms with Gasteiger partial charge in [0.15, 0.2) is 0 Å². The van der Waals surface area contributed by atoms with Gasteiger partial charge >= 0.3 is 6.03 Å². The summed E-state index contributed by atoms with van der Waals surface area (Å²) in [5.41, 5.74) is 4.73. The highest BCUT2D eigenvalue weighted by Gasteiger charge is 2.20. The molecule has 4 rings (SSSR count). The van der Waals surface area contributed by atoms with E-state index in [2.05, 4.69) is 37.8 Å². The van der Waals surface area contributed by atoms with Gasteiger partial charge in [0, 0.05) is 33.7 Å². The van der Waals surface area contributed by atoms with Crippen molar-refractivity contribution in [1.29, 1.82) is 0 Å². The number of hydrogen-bond acceptors (Lipinski definition) is 6. The lowest BCUT2D eigenvalue weighted by Crippen LogP contribution is -2.34. The van der Waals surface area contributed by atoms with Crippen LogP contribution in [0.4, 0.5) is 4.79 Å². The van der Waals surface area contributed by atoms with Gasteiger partial charge in [0.25, 0.3) is 0 Å². The zero-order valence-corrected chi connectivity index (χ0v) is 14.8. The predicted molar refractivity (Wildman–Crippen MR) is 94.1 cm³/mol. The van der Waals surface area contributed by atoms with Gasteiger partial charge < -0.3 is 10.2 Å². The van der Waals surface area contributed by atoms with E-state index in [0.717, 1.165) is 54.2 Å². The van der Waals surface area contributed by atoms with Gasteiger partial charge in [-0.1, -0.05) is 12.1 Å². The minimum atomic E-state index is -0.119. The summed E-state index contributed by atoms with van der Waals surface area (Å²) in [5, 5.41) is 15.3. The fourth-order valence-corrected chi connectivity index (χ4v) is 3.16. The van der Waals surface area contributed by atoms with Gasteiger partial charge in [-0.2, -0.15) is 5.10 Å². The van der Waals surface area contributed by atoms with Gasteiger partial charge in [0.1, 0.15) is 11.0 Å². The van der Waals surface area contributed by atoms with Gasteiger partial charge in [-0.25, -0.2) is 9.42 Å². The monoisotopic (exact) mass is 355 g/mol. The van der Waals surface area contributed by atoms with Gasteiger partial charge in [-0.15, -0.1) is 0 Å². The Morgan fingerprint density at radius 1 is 1.31 bits per heavy atom. The van der Waals surface area contributed by atoms with E-state index >= 15 is 0 Å². The maximum Gasteiger partial charge on any atom is 0.317 e. The van der Waals surface area contributed by atoms with Crippen LogP contribution >= 0.6 is 0 Å². The normalized spacial score (nSPS) is 14.4. The van der Waals surface area contributed by atoms with Crippen LogP contribution in [-0.4, -0.2) is 56.6 Å². The van der Waals surface area contributed by atoms with Crippen LogP contribution in [0.5, 0.6) is 0 Å². The molecule has 2 amide bonds. The summed E-state index contributed by atoms with van der Waals surface area (Å²) in [6.07, 6.45) is 0. The van der Waals surface area contributed by atoms with E-state index < -0.39 is 0 Å². The Morgan fingerprint density at radius 2 is 2.19 bits per heavy atom. The van der Waals surface area contributed by atoms with Crippen molar-refractivity contribution in [2.24, 2.45) is 0 Å². The third kappa shape index (κ3) is 3.25. The molecule has 9 nitrogen and oxygen atoms in total. The number of benzene rings is 1. The highest BCUT2D eigenvalue weighted by Crippen LogP contribution is 2.20. The van der Waals surface area contributed by atoms with E-state index in [0.29, 0.717) is 6.54 Å². The SMILES string of the molecule is CN(C)C(=O)NCc1cc2n(n1)CCN(Cc1cccc3nonc13)C2. The number of aromatic nitrogens is 4. The zero-order chi connectivity index (χ0) is 18.1. The molecule has 0 saturated heterocycles. The smallest absolute Gasteiger partial charge is 0.317 e. The number of fused-ring (bicyclic) bond motifs is 2. The molecule has 26 heavy (non-hydrogen) atoms. The van der Waals surface area contributed by atoms with E-state index in [9.17, 15) is 4.79 Å².